The summed E-state index contributed by atoms with van der Waals surface area (Å²) in [5, 5.41) is 0. The zero-order chi connectivity index (χ0) is 21.5. The zero-order valence-corrected chi connectivity index (χ0v) is 18.7. The molecule has 0 radical (unpaired) electrons. The highest BCUT2D eigenvalue weighted by Crippen LogP contribution is 2.42. The Morgan fingerprint density at radius 2 is 0.742 bits per heavy atom. The van der Waals surface area contributed by atoms with Gasteiger partial charge in [-0.15, -0.1) is 0 Å². The van der Waals surface area contributed by atoms with Gasteiger partial charge < -0.3 is 0 Å². The molecular formula is C31H32. The highest BCUT2D eigenvalue weighted by molar-refractivity contribution is 5.65. The van der Waals surface area contributed by atoms with Gasteiger partial charge in [0.1, 0.15) is 0 Å². The predicted molar refractivity (Wildman–Crippen MR) is 134 cm³/mol. The topological polar surface area (TPSA) is 0 Å². The molecule has 4 rings (SSSR count). The van der Waals surface area contributed by atoms with Crippen molar-refractivity contribution in [3.05, 3.63) is 120 Å². The van der Waals surface area contributed by atoms with E-state index in [1.54, 1.807) is 0 Å². The molecule has 0 nitrogen and oxygen atoms in total. The Balaban J connectivity index is 1.73. The monoisotopic (exact) mass is 404 g/mol. The lowest BCUT2D eigenvalue weighted by molar-refractivity contribution is 0.426. The maximum atomic E-state index is 2.36. The van der Waals surface area contributed by atoms with Crippen molar-refractivity contribution in [3.63, 3.8) is 0 Å². The van der Waals surface area contributed by atoms with Crippen LogP contribution in [0, 0.1) is 0 Å². The Kier molecular flexibility index (Phi) is 6.67. The minimum Gasteiger partial charge on any atom is -0.0653 e. The summed E-state index contributed by atoms with van der Waals surface area (Å²) >= 11 is 0. The summed E-state index contributed by atoms with van der Waals surface area (Å²) < 4.78 is 0. The summed E-state index contributed by atoms with van der Waals surface area (Å²) in [6, 6.07) is 39.9. The van der Waals surface area contributed by atoms with Crippen LogP contribution in [0.25, 0.3) is 22.3 Å². The lowest BCUT2D eigenvalue weighted by Crippen LogP contribution is -2.27. The first-order chi connectivity index (χ1) is 15.3. The van der Waals surface area contributed by atoms with Gasteiger partial charge in [-0.25, -0.2) is 0 Å². The van der Waals surface area contributed by atoms with Gasteiger partial charge in [0.25, 0.3) is 0 Å². The molecule has 0 bridgehead atoms. The lowest BCUT2D eigenvalue weighted by Gasteiger charge is -2.35. The average molecular weight is 405 g/mol. The van der Waals surface area contributed by atoms with Crippen LogP contribution in [-0.2, 0) is 5.41 Å². The van der Waals surface area contributed by atoms with Crippen molar-refractivity contribution in [2.45, 2.75) is 44.9 Å². The molecule has 156 valence electrons. The van der Waals surface area contributed by atoms with E-state index in [-0.39, 0.29) is 5.41 Å². The number of hydrogen-bond acceptors (Lipinski definition) is 0. The molecule has 0 saturated carbocycles. The molecule has 0 N–H and O–H groups in total. The predicted octanol–water partition coefficient (Wildman–Crippen LogP) is 8.91. The summed E-state index contributed by atoms with van der Waals surface area (Å²) in [6.45, 7) is 4.61. The van der Waals surface area contributed by atoms with Gasteiger partial charge in [-0.3, -0.25) is 0 Å². The Labute approximate surface area is 187 Å². The van der Waals surface area contributed by atoms with Crippen molar-refractivity contribution < 1.29 is 0 Å². The van der Waals surface area contributed by atoms with Crippen LogP contribution < -0.4 is 0 Å². The van der Waals surface area contributed by atoms with Crippen molar-refractivity contribution in [1.82, 2.24) is 0 Å². The summed E-state index contributed by atoms with van der Waals surface area (Å²) in [5.74, 6) is 0. The van der Waals surface area contributed by atoms with Crippen LogP contribution in [0.1, 0.15) is 50.7 Å². The third-order valence-electron chi connectivity index (χ3n) is 6.44. The molecule has 0 aliphatic heterocycles. The van der Waals surface area contributed by atoms with E-state index in [1.807, 2.05) is 0 Å². The second-order valence-electron chi connectivity index (χ2n) is 8.47. The largest absolute Gasteiger partial charge is 0.0653 e. The molecule has 31 heavy (non-hydrogen) atoms. The molecule has 4 aromatic carbocycles. The van der Waals surface area contributed by atoms with E-state index in [0.29, 0.717) is 0 Å². The average Bonchev–Trinajstić information content (AvgIpc) is 2.85. The highest BCUT2D eigenvalue weighted by Gasteiger charge is 2.32. The van der Waals surface area contributed by atoms with Crippen LogP contribution in [0.3, 0.4) is 0 Å². The molecule has 0 aliphatic carbocycles. The quantitative estimate of drug-likeness (QED) is 0.275. The van der Waals surface area contributed by atoms with Gasteiger partial charge in [-0.05, 0) is 46.2 Å². The van der Waals surface area contributed by atoms with E-state index >= 15 is 0 Å². The number of hydrogen-bond donors (Lipinski definition) is 0. The molecule has 0 spiro atoms. The minimum atomic E-state index is 0.0634. The van der Waals surface area contributed by atoms with E-state index in [0.717, 1.165) is 12.8 Å². The van der Waals surface area contributed by atoms with Crippen LogP contribution >= 0.6 is 0 Å². The van der Waals surface area contributed by atoms with Crippen LogP contribution in [0.15, 0.2) is 109 Å². The number of benzene rings is 4. The molecule has 0 heteroatoms. The van der Waals surface area contributed by atoms with Gasteiger partial charge in [-0.2, -0.15) is 0 Å². The van der Waals surface area contributed by atoms with E-state index in [2.05, 4.69) is 123 Å². The van der Waals surface area contributed by atoms with E-state index in [4.69, 9.17) is 0 Å². The Morgan fingerprint density at radius 1 is 0.419 bits per heavy atom. The van der Waals surface area contributed by atoms with Crippen LogP contribution in [0.4, 0.5) is 0 Å². The van der Waals surface area contributed by atoms with Gasteiger partial charge in [0.2, 0.25) is 0 Å². The lowest BCUT2D eigenvalue weighted by atomic mass is 9.68. The van der Waals surface area contributed by atoms with Gasteiger partial charge in [0.05, 0.1) is 0 Å². The summed E-state index contributed by atoms with van der Waals surface area (Å²) in [5.41, 5.74) is 8.05. The summed E-state index contributed by atoms with van der Waals surface area (Å²) in [4.78, 5) is 0. The molecule has 0 amide bonds. The molecule has 0 aromatic heterocycles. The van der Waals surface area contributed by atoms with Gasteiger partial charge >= 0.3 is 0 Å². The first kappa shape index (κ1) is 21.1. The van der Waals surface area contributed by atoms with Gasteiger partial charge in [0, 0.05) is 5.41 Å². The second-order valence-corrected chi connectivity index (χ2v) is 8.47. The molecule has 0 fully saturated rings. The van der Waals surface area contributed by atoms with Crippen LogP contribution in [0.5, 0.6) is 0 Å². The summed E-state index contributed by atoms with van der Waals surface area (Å²) in [7, 11) is 0. The summed E-state index contributed by atoms with van der Waals surface area (Å²) in [6.07, 6.45) is 4.66. The first-order valence-corrected chi connectivity index (χ1v) is 11.6. The minimum absolute atomic E-state index is 0.0634. The normalized spacial score (nSPS) is 11.4. The molecule has 0 saturated heterocycles. The number of rotatable bonds is 8. The zero-order valence-electron chi connectivity index (χ0n) is 18.7. The molecule has 4 aromatic rings. The smallest absolute Gasteiger partial charge is 0.0202 e. The van der Waals surface area contributed by atoms with Crippen molar-refractivity contribution in [3.8, 4) is 22.3 Å². The second kappa shape index (κ2) is 9.79. The Hall–Kier alpha value is -3.12. The fourth-order valence-electron chi connectivity index (χ4n) is 4.95. The first-order valence-electron chi connectivity index (χ1n) is 11.6. The van der Waals surface area contributed by atoms with E-state index in [9.17, 15) is 0 Å². The van der Waals surface area contributed by atoms with Crippen LogP contribution in [-0.4, -0.2) is 0 Å². The fourth-order valence-corrected chi connectivity index (χ4v) is 4.95. The molecule has 0 heterocycles. The van der Waals surface area contributed by atoms with Crippen LogP contribution in [0.2, 0.25) is 0 Å². The molecule has 0 unspecified atom stereocenters. The van der Waals surface area contributed by atoms with Gasteiger partial charge in [0.15, 0.2) is 0 Å². The van der Waals surface area contributed by atoms with E-state index in [1.165, 1.54) is 46.2 Å². The maximum absolute atomic E-state index is 2.36. The molecular weight excluding hydrogens is 372 g/mol. The Bertz CT molecular complexity index is 967. The van der Waals surface area contributed by atoms with Crippen molar-refractivity contribution >= 4 is 0 Å². The third kappa shape index (κ3) is 4.49. The van der Waals surface area contributed by atoms with E-state index < -0.39 is 0 Å². The van der Waals surface area contributed by atoms with Gasteiger partial charge in [-0.1, -0.05) is 136 Å². The SMILES string of the molecule is CCCC(CCC)(c1ccc(-c2ccccc2)cc1)c1ccc(-c2ccccc2)cc1. The third-order valence-corrected chi connectivity index (χ3v) is 6.44. The molecule has 0 aliphatic rings. The van der Waals surface area contributed by atoms with Crippen molar-refractivity contribution in [1.29, 1.82) is 0 Å². The van der Waals surface area contributed by atoms with Crippen molar-refractivity contribution in [2.75, 3.05) is 0 Å². The van der Waals surface area contributed by atoms with Crippen molar-refractivity contribution in [2.24, 2.45) is 0 Å². The molecule has 0 atom stereocenters. The maximum Gasteiger partial charge on any atom is 0.0202 e. The highest BCUT2D eigenvalue weighted by atomic mass is 14.4. The standard InChI is InChI=1S/C31H32/c1-3-23-31(24-4-2,29-19-15-27(16-20-29)25-11-7-5-8-12-25)30-21-17-28(18-22-30)26-13-9-6-10-14-26/h5-22H,3-4,23-24H2,1-2H3. The fraction of sp³-hybridized carbons (Fsp3) is 0.226. The Morgan fingerprint density at radius 3 is 1.06 bits per heavy atom.